The molecule has 0 spiro atoms. The van der Waals surface area contributed by atoms with Crippen molar-refractivity contribution in [2.45, 2.75) is 38.5 Å². The SMILES string of the molecule is CCOC(=O)[C@@H]1CCCN(CC(=O)N2CCC[C@H](c3nc4ccccc4s3)C2)C1. The Morgan fingerprint density at radius 2 is 2.00 bits per heavy atom. The highest BCUT2D eigenvalue weighted by Gasteiger charge is 2.31. The molecule has 6 nitrogen and oxygen atoms in total. The van der Waals surface area contributed by atoms with Gasteiger partial charge in [-0.15, -0.1) is 11.3 Å². The number of amides is 1. The standard InChI is InChI=1S/C22H29N3O3S/c1-2-28-22(27)17-8-5-11-24(13-17)15-20(26)25-12-6-7-16(14-25)21-23-18-9-3-4-10-19(18)29-21/h3-4,9-10,16-17H,2,5-8,11-15H2,1H3/t16-,17+/m0/s1. The van der Waals surface area contributed by atoms with Crippen LogP contribution >= 0.6 is 11.3 Å². The lowest BCUT2D eigenvalue weighted by atomic mass is 9.97. The van der Waals surface area contributed by atoms with E-state index in [4.69, 9.17) is 9.72 Å². The average molecular weight is 416 g/mol. The number of nitrogens with zero attached hydrogens (tertiary/aromatic N) is 3. The van der Waals surface area contributed by atoms with Gasteiger partial charge in [-0.3, -0.25) is 14.5 Å². The first-order valence-electron chi connectivity index (χ1n) is 10.7. The Kier molecular flexibility index (Phi) is 6.45. The molecule has 2 saturated heterocycles. The summed E-state index contributed by atoms with van der Waals surface area (Å²) in [6.07, 6.45) is 3.88. The number of ether oxygens (including phenoxy) is 1. The van der Waals surface area contributed by atoms with Crippen molar-refractivity contribution in [3.8, 4) is 0 Å². The summed E-state index contributed by atoms with van der Waals surface area (Å²) in [6, 6.07) is 8.23. The van der Waals surface area contributed by atoms with E-state index in [9.17, 15) is 9.59 Å². The molecular formula is C22H29N3O3S. The van der Waals surface area contributed by atoms with Crippen LogP contribution in [0.3, 0.4) is 0 Å². The number of fused-ring (bicyclic) bond motifs is 1. The van der Waals surface area contributed by atoms with Crippen LogP contribution in [-0.4, -0.2) is 66.0 Å². The Morgan fingerprint density at radius 3 is 2.83 bits per heavy atom. The van der Waals surface area contributed by atoms with Gasteiger partial charge in [-0.05, 0) is 51.3 Å². The number of likely N-dealkylation sites (tertiary alicyclic amines) is 2. The van der Waals surface area contributed by atoms with Crippen LogP contribution in [0.4, 0.5) is 0 Å². The third kappa shape index (κ3) is 4.78. The molecule has 0 N–H and O–H groups in total. The van der Waals surface area contributed by atoms with Crippen molar-refractivity contribution < 1.29 is 14.3 Å². The van der Waals surface area contributed by atoms with E-state index in [1.54, 1.807) is 11.3 Å². The van der Waals surface area contributed by atoms with Crippen LogP contribution in [0.2, 0.25) is 0 Å². The van der Waals surface area contributed by atoms with Crippen LogP contribution in [0.15, 0.2) is 24.3 Å². The molecule has 0 bridgehead atoms. The van der Waals surface area contributed by atoms with E-state index in [0.29, 0.717) is 25.6 Å². The van der Waals surface area contributed by atoms with Gasteiger partial charge in [0.05, 0.1) is 34.3 Å². The van der Waals surface area contributed by atoms with Crippen LogP contribution in [-0.2, 0) is 14.3 Å². The molecule has 2 fully saturated rings. The molecule has 1 aromatic carbocycles. The quantitative estimate of drug-likeness (QED) is 0.702. The van der Waals surface area contributed by atoms with Gasteiger partial charge in [0.25, 0.3) is 0 Å². The normalized spacial score (nSPS) is 23.3. The lowest BCUT2D eigenvalue weighted by Crippen LogP contribution is -2.48. The zero-order chi connectivity index (χ0) is 20.2. The van der Waals surface area contributed by atoms with Crippen molar-refractivity contribution in [3.05, 3.63) is 29.3 Å². The number of hydrogen-bond donors (Lipinski definition) is 0. The fourth-order valence-electron chi connectivity index (χ4n) is 4.41. The van der Waals surface area contributed by atoms with Crippen molar-refractivity contribution in [1.29, 1.82) is 0 Å². The van der Waals surface area contributed by atoms with E-state index in [1.165, 1.54) is 4.70 Å². The first-order valence-corrected chi connectivity index (χ1v) is 11.5. The van der Waals surface area contributed by atoms with Crippen molar-refractivity contribution in [3.63, 3.8) is 0 Å². The van der Waals surface area contributed by atoms with Crippen LogP contribution in [0.25, 0.3) is 10.2 Å². The second kappa shape index (κ2) is 9.22. The van der Waals surface area contributed by atoms with Gasteiger partial charge in [-0.1, -0.05) is 12.1 Å². The number of rotatable bonds is 5. The van der Waals surface area contributed by atoms with Gasteiger partial charge in [-0.25, -0.2) is 4.98 Å². The predicted octanol–water partition coefficient (Wildman–Crippen LogP) is 3.28. The summed E-state index contributed by atoms with van der Waals surface area (Å²) >= 11 is 1.75. The number of aromatic nitrogens is 1. The van der Waals surface area contributed by atoms with Crippen molar-refractivity contribution in [2.75, 3.05) is 39.3 Å². The van der Waals surface area contributed by atoms with Gasteiger partial charge in [0.1, 0.15) is 0 Å². The maximum atomic E-state index is 13.0. The summed E-state index contributed by atoms with van der Waals surface area (Å²) in [5.74, 6) is 0.255. The third-order valence-corrected chi connectivity index (χ3v) is 7.12. The molecule has 3 heterocycles. The second-order valence-electron chi connectivity index (χ2n) is 8.03. The third-order valence-electron chi connectivity index (χ3n) is 5.92. The number of para-hydroxylation sites is 1. The van der Waals surface area contributed by atoms with Crippen molar-refractivity contribution in [2.24, 2.45) is 5.92 Å². The molecule has 0 unspecified atom stereocenters. The number of hydrogen-bond acceptors (Lipinski definition) is 6. The Morgan fingerprint density at radius 1 is 1.17 bits per heavy atom. The molecule has 2 atom stereocenters. The number of benzene rings is 1. The fraction of sp³-hybridized carbons (Fsp3) is 0.591. The Bertz CT molecular complexity index is 835. The van der Waals surface area contributed by atoms with Crippen LogP contribution in [0.1, 0.15) is 43.5 Å². The zero-order valence-electron chi connectivity index (χ0n) is 17.0. The summed E-state index contributed by atoms with van der Waals surface area (Å²) < 4.78 is 6.38. The van der Waals surface area contributed by atoms with E-state index in [0.717, 1.165) is 55.8 Å². The molecule has 0 saturated carbocycles. The summed E-state index contributed by atoms with van der Waals surface area (Å²) in [5.41, 5.74) is 1.05. The van der Waals surface area contributed by atoms with Gasteiger partial charge < -0.3 is 9.64 Å². The molecular weight excluding hydrogens is 386 g/mol. The molecule has 1 amide bonds. The van der Waals surface area contributed by atoms with E-state index in [-0.39, 0.29) is 17.8 Å². The number of piperidine rings is 2. The fourth-order valence-corrected chi connectivity index (χ4v) is 5.51. The van der Waals surface area contributed by atoms with Crippen molar-refractivity contribution in [1.82, 2.24) is 14.8 Å². The summed E-state index contributed by atoms with van der Waals surface area (Å²) in [6.45, 7) is 5.69. The largest absolute Gasteiger partial charge is 0.466 e. The van der Waals surface area contributed by atoms with Gasteiger partial charge >= 0.3 is 5.97 Å². The maximum Gasteiger partial charge on any atom is 0.310 e. The minimum absolute atomic E-state index is 0.103. The minimum atomic E-state index is -0.126. The maximum absolute atomic E-state index is 13.0. The van der Waals surface area contributed by atoms with Gasteiger partial charge in [0.2, 0.25) is 5.91 Å². The topological polar surface area (TPSA) is 62.7 Å². The van der Waals surface area contributed by atoms with Crippen LogP contribution < -0.4 is 0 Å². The van der Waals surface area contributed by atoms with Crippen molar-refractivity contribution >= 4 is 33.4 Å². The highest BCUT2D eigenvalue weighted by molar-refractivity contribution is 7.18. The van der Waals surface area contributed by atoms with Gasteiger partial charge in [0, 0.05) is 25.6 Å². The molecule has 7 heteroatoms. The summed E-state index contributed by atoms with van der Waals surface area (Å²) in [7, 11) is 0. The molecule has 0 radical (unpaired) electrons. The molecule has 4 rings (SSSR count). The molecule has 2 aliphatic rings. The lowest BCUT2D eigenvalue weighted by molar-refractivity contribution is -0.150. The molecule has 29 heavy (non-hydrogen) atoms. The minimum Gasteiger partial charge on any atom is -0.466 e. The molecule has 0 aliphatic carbocycles. The monoisotopic (exact) mass is 415 g/mol. The second-order valence-corrected chi connectivity index (χ2v) is 9.09. The highest BCUT2D eigenvalue weighted by Crippen LogP contribution is 2.33. The van der Waals surface area contributed by atoms with Gasteiger partial charge in [-0.2, -0.15) is 0 Å². The summed E-state index contributed by atoms with van der Waals surface area (Å²) in [4.78, 5) is 33.9. The molecule has 2 aromatic rings. The molecule has 2 aliphatic heterocycles. The average Bonchev–Trinajstić information content (AvgIpc) is 3.18. The Labute approximate surface area is 175 Å². The number of esters is 1. The van der Waals surface area contributed by atoms with E-state index < -0.39 is 0 Å². The first kappa shape index (κ1) is 20.3. The number of carbonyl (C=O) groups is 2. The molecule has 156 valence electrons. The van der Waals surface area contributed by atoms with E-state index in [2.05, 4.69) is 17.0 Å². The first-order chi connectivity index (χ1) is 14.1. The van der Waals surface area contributed by atoms with Gasteiger partial charge in [0.15, 0.2) is 0 Å². The summed E-state index contributed by atoms with van der Waals surface area (Å²) in [5, 5.41) is 1.14. The van der Waals surface area contributed by atoms with E-state index >= 15 is 0 Å². The number of thiazole rings is 1. The molecule has 1 aromatic heterocycles. The number of carbonyl (C=O) groups excluding carboxylic acids is 2. The smallest absolute Gasteiger partial charge is 0.310 e. The van der Waals surface area contributed by atoms with Crippen LogP contribution in [0, 0.1) is 5.92 Å². The van der Waals surface area contributed by atoms with E-state index in [1.807, 2.05) is 24.0 Å². The predicted molar refractivity (Wildman–Crippen MR) is 114 cm³/mol. The van der Waals surface area contributed by atoms with Crippen LogP contribution in [0.5, 0.6) is 0 Å². The Hall–Kier alpha value is -1.99. The lowest BCUT2D eigenvalue weighted by Gasteiger charge is -2.35. The Balaban J connectivity index is 1.35. The highest BCUT2D eigenvalue weighted by atomic mass is 32.1. The zero-order valence-corrected chi connectivity index (χ0v) is 17.8.